The van der Waals surface area contributed by atoms with Gasteiger partial charge in [0.15, 0.2) is 5.78 Å². The molecule has 2 aliphatic carbocycles. The zero-order valence-corrected chi connectivity index (χ0v) is 22.7. The quantitative estimate of drug-likeness (QED) is 0.371. The fourth-order valence-electron chi connectivity index (χ4n) is 5.88. The number of ketones is 1. The van der Waals surface area contributed by atoms with Crippen LogP contribution in [0, 0.1) is 0 Å². The first kappa shape index (κ1) is 25.9. The number of Topliss-reactive ketones (excluding diaryl/α,β-unsaturated/α-hetero) is 1. The molecule has 3 fully saturated rings. The molecule has 0 bridgehead atoms. The first-order chi connectivity index (χ1) is 19.1. The van der Waals surface area contributed by atoms with E-state index in [0.29, 0.717) is 24.3 Å². The number of rotatable bonds is 10. The van der Waals surface area contributed by atoms with Crippen molar-refractivity contribution >= 4 is 17.4 Å². The Labute approximate surface area is 231 Å². The third kappa shape index (κ3) is 5.69. The number of amides is 1. The minimum absolute atomic E-state index is 0.0271. The lowest BCUT2D eigenvalue weighted by Crippen LogP contribution is -2.55. The van der Waals surface area contributed by atoms with Gasteiger partial charge >= 0.3 is 0 Å². The van der Waals surface area contributed by atoms with Crippen molar-refractivity contribution in [2.45, 2.75) is 50.3 Å². The van der Waals surface area contributed by atoms with Crippen molar-refractivity contribution in [3.8, 4) is 11.1 Å². The summed E-state index contributed by atoms with van der Waals surface area (Å²) < 4.78 is 5.40. The number of hydrogen-bond donors (Lipinski definition) is 1. The average molecular weight is 524 g/mol. The minimum atomic E-state index is -0.416. The van der Waals surface area contributed by atoms with Crippen molar-refractivity contribution in [3.05, 3.63) is 89.5 Å². The Kier molecular flexibility index (Phi) is 7.34. The van der Waals surface area contributed by atoms with Gasteiger partial charge in [0.2, 0.25) is 5.91 Å². The normalized spacial score (nSPS) is 19.0. The lowest BCUT2D eigenvalue weighted by molar-refractivity contribution is -0.123. The van der Waals surface area contributed by atoms with E-state index in [1.807, 2.05) is 48.5 Å². The van der Waals surface area contributed by atoms with Gasteiger partial charge in [-0.1, -0.05) is 66.7 Å². The van der Waals surface area contributed by atoms with Crippen molar-refractivity contribution in [2.75, 3.05) is 38.6 Å². The molecule has 0 unspecified atom stereocenters. The molecule has 6 nitrogen and oxygen atoms in total. The van der Waals surface area contributed by atoms with Gasteiger partial charge in [0.25, 0.3) is 0 Å². The number of nitrogens with one attached hydrogen (secondary N) is 1. The van der Waals surface area contributed by atoms with Gasteiger partial charge < -0.3 is 10.1 Å². The van der Waals surface area contributed by atoms with Crippen LogP contribution in [0.15, 0.2) is 72.8 Å². The summed E-state index contributed by atoms with van der Waals surface area (Å²) in [5.41, 5.74) is 4.99. The summed E-state index contributed by atoms with van der Waals surface area (Å²) in [4.78, 5) is 31.8. The molecule has 1 saturated heterocycles. The Morgan fingerprint density at radius 2 is 1.59 bits per heavy atom. The molecule has 3 aromatic carbocycles. The highest BCUT2D eigenvalue weighted by Crippen LogP contribution is 2.44. The second kappa shape index (κ2) is 11.0. The third-order valence-electron chi connectivity index (χ3n) is 8.53. The van der Waals surface area contributed by atoms with Crippen LogP contribution in [0.3, 0.4) is 0 Å². The zero-order valence-electron chi connectivity index (χ0n) is 22.7. The minimum Gasteiger partial charge on any atom is -0.380 e. The number of carbonyl (C=O) groups excluding carboxylic acids is 2. The van der Waals surface area contributed by atoms with E-state index in [1.54, 1.807) is 7.11 Å². The van der Waals surface area contributed by atoms with Gasteiger partial charge in [-0.25, -0.2) is 0 Å². The zero-order chi connectivity index (χ0) is 26.8. The highest BCUT2D eigenvalue weighted by Gasteiger charge is 2.55. The molecule has 0 aromatic heterocycles. The summed E-state index contributed by atoms with van der Waals surface area (Å²) in [7, 11) is 1.64. The predicted molar refractivity (Wildman–Crippen MR) is 154 cm³/mol. The fraction of sp³-hybridized carbons (Fsp3) is 0.394. The third-order valence-corrected chi connectivity index (χ3v) is 8.53. The van der Waals surface area contributed by atoms with Crippen LogP contribution in [0.5, 0.6) is 0 Å². The van der Waals surface area contributed by atoms with Crippen molar-refractivity contribution in [2.24, 2.45) is 0 Å². The first-order valence-electron chi connectivity index (χ1n) is 14.2. The number of benzene rings is 3. The molecule has 202 valence electrons. The van der Waals surface area contributed by atoms with Gasteiger partial charge in [-0.15, -0.1) is 0 Å². The standard InChI is InChI=1S/C33H37N3O3/c1-39-23-28-12-11-27(31(37)21-24-7-9-26(10-8-24)25-5-3-2-4-6-25)22-30(28)34-32(38)33(15-16-33)36-19-17-35(18-20-36)29-13-14-29/h2-12,22,29H,13-21,23H2,1H3,(H,34,38). The van der Waals surface area contributed by atoms with E-state index in [-0.39, 0.29) is 11.7 Å². The van der Waals surface area contributed by atoms with Gasteiger partial charge in [-0.05, 0) is 48.4 Å². The summed E-state index contributed by atoms with van der Waals surface area (Å²) in [6, 6.07) is 24.7. The number of nitrogens with zero attached hydrogens (tertiary/aromatic N) is 2. The van der Waals surface area contributed by atoms with Crippen molar-refractivity contribution in [1.29, 1.82) is 0 Å². The van der Waals surface area contributed by atoms with Crippen LogP contribution in [-0.2, 0) is 22.6 Å². The number of hydrogen-bond acceptors (Lipinski definition) is 5. The largest absolute Gasteiger partial charge is 0.380 e. The highest BCUT2D eigenvalue weighted by atomic mass is 16.5. The fourth-order valence-corrected chi connectivity index (χ4v) is 5.88. The van der Waals surface area contributed by atoms with Crippen LogP contribution >= 0.6 is 0 Å². The van der Waals surface area contributed by atoms with Gasteiger partial charge in [0.05, 0.1) is 6.61 Å². The van der Waals surface area contributed by atoms with E-state index in [2.05, 4.69) is 39.4 Å². The molecule has 1 heterocycles. The van der Waals surface area contributed by atoms with Crippen LogP contribution in [0.2, 0.25) is 0 Å². The molecule has 0 atom stereocenters. The van der Waals surface area contributed by atoms with Crippen LogP contribution in [0.1, 0.15) is 47.2 Å². The van der Waals surface area contributed by atoms with Gasteiger partial charge in [-0.3, -0.25) is 19.4 Å². The maximum absolute atomic E-state index is 13.6. The number of anilines is 1. The number of piperazine rings is 1. The molecular formula is C33H37N3O3. The summed E-state index contributed by atoms with van der Waals surface area (Å²) in [6.07, 6.45) is 4.73. The van der Waals surface area contributed by atoms with Crippen LogP contribution in [0.25, 0.3) is 11.1 Å². The second-order valence-corrected chi connectivity index (χ2v) is 11.2. The summed E-state index contributed by atoms with van der Waals surface area (Å²) in [5, 5.41) is 3.20. The van der Waals surface area contributed by atoms with Gasteiger partial charge in [0, 0.05) is 62.6 Å². The molecule has 2 saturated carbocycles. The van der Waals surface area contributed by atoms with Crippen molar-refractivity contribution < 1.29 is 14.3 Å². The molecule has 6 rings (SSSR count). The maximum atomic E-state index is 13.6. The van der Waals surface area contributed by atoms with Gasteiger partial charge in [0.1, 0.15) is 5.54 Å². The van der Waals surface area contributed by atoms with E-state index in [4.69, 9.17) is 4.74 Å². The molecule has 0 radical (unpaired) electrons. The summed E-state index contributed by atoms with van der Waals surface area (Å²) in [6.45, 7) is 4.35. The van der Waals surface area contributed by atoms with E-state index in [0.717, 1.165) is 67.3 Å². The first-order valence-corrected chi connectivity index (χ1v) is 14.2. The van der Waals surface area contributed by atoms with E-state index >= 15 is 0 Å². The van der Waals surface area contributed by atoms with Crippen molar-refractivity contribution in [3.63, 3.8) is 0 Å². The molecule has 6 heteroatoms. The smallest absolute Gasteiger partial charge is 0.244 e. The average Bonchev–Trinajstić information content (AvgIpc) is 3.89. The molecule has 3 aliphatic rings. The monoisotopic (exact) mass is 523 g/mol. The molecule has 3 aromatic rings. The number of methoxy groups -OCH3 is 1. The molecule has 39 heavy (non-hydrogen) atoms. The predicted octanol–water partition coefficient (Wildman–Crippen LogP) is 5.18. The topological polar surface area (TPSA) is 61.9 Å². The van der Waals surface area contributed by atoms with Crippen molar-refractivity contribution in [1.82, 2.24) is 9.80 Å². The highest BCUT2D eigenvalue weighted by molar-refractivity contribution is 6.03. The number of ether oxygens (including phenoxy) is 1. The molecule has 1 N–H and O–H groups in total. The molecule has 0 spiro atoms. The molecular weight excluding hydrogens is 486 g/mol. The lowest BCUT2D eigenvalue weighted by Gasteiger charge is -2.39. The number of carbonyl (C=O) groups is 2. The lowest BCUT2D eigenvalue weighted by atomic mass is 9.98. The summed E-state index contributed by atoms with van der Waals surface area (Å²) >= 11 is 0. The molecule has 1 amide bonds. The Balaban J connectivity index is 1.14. The Bertz CT molecular complexity index is 1320. The van der Waals surface area contributed by atoms with E-state index < -0.39 is 5.54 Å². The van der Waals surface area contributed by atoms with E-state index in [9.17, 15) is 9.59 Å². The Hall–Kier alpha value is -3.32. The maximum Gasteiger partial charge on any atom is 0.244 e. The summed E-state index contributed by atoms with van der Waals surface area (Å²) in [5.74, 6) is 0.0695. The Morgan fingerprint density at radius 1 is 0.897 bits per heavy atom. The van der Waals surface area contributed by atoms with Crippen LogP contribution in [0.4, 0.5) is 5.69 Å². The van der Waals surface area contributed by atoms with Crippen LogP contribution < -0.4 is 5.32 Å². The SMILES string of the molecule is COCc1ccc(C(=O)Cc2ccc(-c3ccccc3)cc2)cc1NC(=O)C1(N2CCN(C3CC3)CC2)CC1. The van der Waals surface area contributed by atoms with E-state index in [1.165, 1.54) is 12.8 Å². The second-order valence-electron chi connectivity index (χ2n) is 11.2. The Morgan fingerprint density at radius 3 is 2.23 bits per heavy atom. The molecule has 1 aliphatic heterocycles. The van der Waals surface area contributed by atoms with Crippen LogP contribution in [-0.4, -0.2) is 66.4 Å². The van der Waals surface area contributed by atoms with Gasteiger partial charge in [-0.2, -0.15) is 0 Å².